The highest BCUT2D eigenvalue weighted by atomic mass is 35.5. The molecular formula is C10H7ClN2O3S. The molecule has 0 saturated heterocycles. The standard InChI is InChI=1S/C10H7ClN2O3S/c11-8-4-1-2-5-9(8)17(15,16)10-6-3-7-13(14)12-10/h1-7H. The van der Waals surface area contributed by atoms with E-state index in [9.17, 15) is 13.6 Å². The van der Waals surface area contributed by atoms with Crippen LogP contribution in [0.4, 0.5) is 0 Å². The summed E-state index contributed by atoms with van der Waals surface area (Å²) in [5, 5.41) is 14.1. The molecule has 0 unspecified atom stereocenters. The van der Waals surface area contributed by atoms with Gasteiger partial charge in [-0.3, -0.25) is 0 Å². The van der Waals surface area contributed by atoms with Crippen molar-refractivity contribution in [1.82, 2.24) is 5.10 Å². The number of sulfone groups is 1. The predicted octanol–water partition coefficient (Wildman–Crippen LogP) is 1.20. The fourth-order valence-corrected chi connectivity index (χ4v) is 2.98. The summed E-state index contributed by atoms with van der Waals surface area (Å²) >= 11 is 5.81. The van der Waals surface area contributed by atoms with Gasteiger partial charge in [-0.1, -0.05) is 28.6 Å². The highest BCUT2D eigenvalue weighted by molar-refractivity contribution is 7.91. The minimum absolute atomic E-state index is 0.0691. The van der Waals surface area contributed by atoms with E-state index in [4.69, 9.17) is 11.6 Å². The van der Waals surface area contributed by atoms with Crippen LogP contribution in [0, 0.1) is 5.21 Å². The zero-order chi connectivity index (χ0) is 12.5. The molecule has 1 heterocycles. The zero-order valence-corrected chi connectivity index (χ0v) is 10.0. The van der Waals surface area contributed by atoms with E-state index in [0.29, 0.717) is 0 Å². The molecule has 0 bridgehead atoms. The second-order valence-corrected chi connectivity index (χ2v) is 5.45. The van der Waals surface area contributed by atoms with Gasteiger partial charge in [0.25, 0.3) is 0 Å². The maximum Gasteiger partial charge on any atom is 0.231 e. The van der Waals surface area contributed by atoms with Crippen LogP contribution in [0.15, 0.2) is 52.5 Å². The van der Waals surface area contributed by atoms with Crippen molar-refractivity contribution in [3.8, 4) is 0 Å². The van der Waals surface area contributed by atoms with Crippen LogP contribution in [0.2, 0.25) is 5.02 Å². The minimum atomic E-state index is -3.86. The Bertz CT molecular complexity index is 658. The molecule has 0 spiro atoms. The summed E-state index contributed by atoms with van der Waals surface area (Å²) < 4.78 is 24.2. The van der Waals surface area contributed by atoms with Crippen LogP contribution in [0.3, 0.4) is 0 Å². The molecule has 0 aliphatic rings. The van der Waals surface area contributed by atoms with Gasteiger partial charge in [-0.05, 0) is 18.2 Å². The van der Waals surface area contributed by atoms with Crippen molar-refractivity contribution in [2.24, 2.45) is 0 Å². The van der Waals surface area contributed by atoms with Gasteiger partial charge in [0.15, 0.2) is 0 Å². The van der Waals surface area contributed by atoms with Crippen molar-refractivity contribution in [1.29, 1.82) is 0 Å². The Kier molecular flexibility index (Phi) is 2.99. The number of nitrogens with zero attached hydrogens (tertiary/aromatic N) is 2. The molecular weight excluding hydrogens is 264 g/mol. The fourth-order valence-electron chi connectivity index (χ4n) is 1.28. The van der Waals surface area contributed by atoms with Gasteiger partial charge in [0, 0.05) is 11.2 Å². The lowest BCUT2D eigenvalue weighted by molar-refractivity contribution is -0.673. The van der Waals surface area contributed by atoms with Crippen molar-refractivity contribution in [3.63, 3.8) is 0 Å². The Morgan fingerprint density at radius 1 is 1.18 bits per heavy atom. The second-order valence-electron chi connectivity index (χ2n) is 3.18. The molecule has 0 aliphatic carbocycles. The molecule has 1 aromatic heterocycles. The quantitative estimate of drug-likeness (QED) is 0.607. The summed E-state index contributed by atoms with van der Waals surface area (Å²) in [6, 6.07) is 8.54. The Balaban J connectivity index is 2.63. The molecule has 17 heavy (non-hydrogen) atoms. The fraction of sp³-hybridized carbons (Fsp3) is 0. The third-order valence-corrected chi connectivity index (χ3v) is 4.20. The van der Waals surface area contributed by atoms with Crippen molar-refractivity contribution in [2.45, 2.75) is 9.92 Å². The number of hydrogen-bond acceptors (Lipinski definition) is 4. The van der Waals surface area contributed by atoms with E-state index in [-0.39, 0.29) is 19.8 Å². The molecule has 7 heteroatoms. The third kappa shape index (κ3) is 2.22. The van der Waals surface area contributed by atoms with Crippen molar-refractivity contribution in [3.05, 3.63) is 52.8 Å². The maximum atomic E-state index is 12.1. The SMILES string of the molecule is O=S(=O)(c1ccc[n+]([O-])n1)c1ccccc1Cl. The average molecular weight is 271 g/mol. The molecule has 0 fully saturated rings. The largest absolute Gasteiger partial charge is 0.594 e. The second kappa shape index (κ2) is 4.31. The van der Waals surface area contributed by atoms with Crippen LogP contribution in [0.25, 0.3) is 0 Å². The van der Waals surface area contributed by atoms with Crippen LogP contribution >= 0.6 is 11.6 Å². The first-order chi connectivity index (χ1) is 8.01. The molecule has 0 radical (unpaired) electrons. The predicted molar refractivity (Wildman–Crippen MR) is 60.1 cm³/mol. The monoisotopic (exact) mass is 270 g/mol. The number of aromatic nitrogens is 2. The minimum Gasteiger partial charge on any atom is -0.594 e. The van der Waals surface area contributed by atoms with Crippen LogP contribution in [-0.4, -0.2) is 13.5 Å². The lowest BCUT2D eigenvalue weighted by Gasteiger charge is -2.04. The first-order valence-electron chi connectivity index (χ1n) is 4.58. The highest BCUT2D eigenvalue weighted by Gasteiger charge is 2.24. The third-order valence-electron chi connectivity index (χ3n) is 2.05. The Morgan fingerprint density at radius 2 is 1.88 bits per heavy atom. The molecule has 0 atom stereocenters. The van der Waals surface area contributed by atoms with Gasteiger partial charge < -0.3 is 5.21 Å². The normalized spacial score (nSPS) is 11.4. The van der Waals surface area contributed by atoms with E-state index >= 15 is 0 Å². The molecule has 5 nitrogen and oxygen atoms in total. The van der Waals surface area contributed by atoms with E-state index in [1.165, 1.54) is 24.3 Å². The average Bonchev–Trinajstić information content (AvgIpc) is 2.29. The molecule has 0 amide bonds. The van der Waals surface area contributed by atoms with E-state index in [1.54, 1.807) is 12.1 Å². The van der Waals surface area contributed by atoms with Crippen molar-refractivity contribution in [2.75, 3.05) is 0 Å². The van der Waals surface area contributed by atoms with Crippen LogP contribution in [0.1, 0.15) is 0 Å². The summed E-state index contributed by atoms with van der Waals surface area (Å²) in [6.07, 6.45) is 1.10. The number of hydrogen-bond donors (Lipinski definition) is 0. The Morgan fingerprint density at radius 3 is 2.53 bits per heavy atom. The van der Waals surface area contributed by atoms with Gasteiger partial charge in [-0.25, -0.2) is 8.42 Å². The molecule has 1 aromatic carbocycles. The van der Waals surface area contributed by atoms with Crippen LogP contribution in [-0.2, 0) is 9.84 Å². The molecule has 0 aliphatic heterocycles. The van der Waals surface area contributed by atoms with Crippen molar-refractivity contribution >= 4 is 21.4 Å². The van der Waals surface area contributed by atoms with Crippen LogP contribution in [0.5, 0.6) is 0 Å². The van der Waals surface area contributed by atoms with Gasteiger partial charge in [-0.2, -0.15) is 0 Å². The highest BCUT2D eigenvalue weighted by Crippen LogP contribution is 2.25. The van der Waals surface area contributed by atoms with E-state index < -0.39 is 9.84 Å². The summed E-state index contributed by atoms with van der Waals surface area (Å²) in [4.78, 5) is 0.115. The molecule has 0 N–H and O–H groups in total. The maximum absolute atomic E-state index is 12.1. The smallest absolute Gasteiger partial charge is 0.231 e. The Labute approximate surface area is 103 Å². The van der Waals surface area contributed by atoms with Gasteiger partial charge in [0.1, 0.15) is 0 Å². The van der Waals surface area contributed by atoms with E-state index in [0.717, 1.165) is 6.20 Å². The number of halogens is 1. The molecule has 2 rings (SSSR count). The van der Waals surface area contributed by atoms with Crippen LogP contribution < -0.4 is 4.85 Å². The topological polar surface area (TPSA) is 74.0 Å². The lowest BCUT2D eigenvalue weighted by atomic mass is 10.4. The molecule has 0 saturated carbocycles. The molecule has 88 valence electrons. The van der Waals surface area contributed by atoms with Gasteiger partial charge >= 0.3 is 0 Å². The molecule has 2 aromatic rings. The summed E-state index contributed by atoms with van der Waals surface area (Å²) in [5.74, 6) is 0. The summed E-state index contributed by atoms with van der Waals surface area (Å²) in [6.45, 7) is 0. The first kappa shape index (κ1) is 11.8. The Hall–Kier alpha value is -1.66. The van der Waals surface area contributed by atoms with Gasteiger partial charge in [-0.15, -0.1) is 0 Å². The van der Waals surface area contributed by atoms with Crippen molar-refractivity contribution < 1.29 is 13.3 Å². The summed E-state index contributed by atoms with van der Waals surface area (Å²) in [5.41, 5.74) is 0. The zero-order valence-electron chi connectivity index (χ0n) is 8.45. The number of rotatable bonds is 2. The van der Waals surface area contributed by atoms with Gasteiger partial charge in [0.2, 0.25) is 21.1 Å². The van der Waals surface area contributed by atoms with E-state index in [2.05, 4.69) is 5.10 Å². The van der Waals surface area contributed by atoms with E-state index in [1.807, 2.05) is 0 Å². The van der Waals surface area contributed by atoms with Gasteiger partial charge in [0.05, 0.1) is 9.92 Å². The number of benzene rings is 1. The lowest BCUT2D eigenvalue weighted by Crippen LogP contribution is -2.31. The summed E-state index contributed by atoms with van der Waals surface area (Å²) in [7, 11) is -3.86. The first-order valence-corrected chi connectivity index (χ1v) is 6.44.